The Kier molecular flexibility index (Phi) is 8.37. The van der Waals surface area contributed by atoms with Crippen LogP contribution in [-0.2, 0) is 9.53 Å². The zero-order chi connectivity index (χ0) is 18.8. The maximum atomic E-state index is 12.6. The smallest absolute Gasteiger partial charge is 0.254 e. The van der Waals surface area contributed by atoms with Gasteiger partial charge in [0.25, 0.3) is 5.91 Å². The number of benzene rings is 1. The predicted molar refractivity (Wildman–Crippen MR) is 100 cm³/mol. The maximum Gasteiger partial charge on any atom is 0.254 e. The molecule has 3 N–H and O–H groups in total. The number of anilines is 1. The van der Waals surface area contributed by atoms with Crippen molar-refractivity contribution in [3.8, 4) is 5.75 Å². The van der Waals surface area contributed by atoms with Crippen molar-refractivity contribution in [2.24, 2.45) is 5.73 Å². The van der Waals surface area contributed by atoms with E-state index < -0.39 is 0 Å². The van der Waals surface area contributed by atoms with Crippen LogP contribution < -0.4 is 15.8 Å². The maximum absolute atomic E-state index is 12.6. The number of nitrogens with zero attached hydrogens (tertiary/aromatic N) is 1. The number of ether oxygens (including phenoxy) is 2. The Balaban J connectivity index is 1.97. The molecule has 1 aliphatic heterocycles. The fourth-order valence-electron chi connectivity index (χ4n) is 2.88. The zero-order valence-electron chi connectivity index (χ0n) is 15.5. The quantitative estimate of drug-likeness (QED) is 0.655. The van der Waals surface area contributed by atoms with Crippen LogP contribution in [0.3, 0.4) is 0 Å². The van der Waals surface area contributed by atoms with Crippen LogP contribution in [-0.4, -0.2) is 56.7 Å². The molecule has 0 saturated carbocycles. The van der Waals surface area contributed by atoms with Crippen molar-refractivity contribution in [2.75, 3.05) is 45.3 Å². The van der Waals surface area contributed by atoms with Crippen LogP contribution in [0.4, 0.5) is 5.69 Å². The average molecular weight is 363 g/mol. The number of hydrogen-bond acceptors (Lipinski definition) is 5. The second-order valence-electron chi connectivity index (χ2n) is 6.32. The summed E-state index contributed by atoms with van der Waals surface area (Å²) >= 11 is 0. The molecule has 1 aromatic rings. The largest absolute Gasteiger partial charge is 0.495 e. The van der Waals surface area contributed by atoms with E-state index in [1.165, 1.54) is 0 Å². The lowest BCUT2D eigenvalue weighted by Crippen LogP contribution is -2.40. The molecule has 0 atom stereocenters. The third-order valence-electron chi connectivity index (χ3n) is 4.38. The van der Waals surface area contributed by atoms with E-state index >= 15 is 0 Å². The van der Waals surface area contributed by atoms with E-state index in [9.17, 15) is 9.59 Å². The number of methoxy groups -OCH3 is 1. The molecule has 0 bridgehead atoms. The molecular weight excluding hydrogens is 334 g/mol. The van der Waals surface area contributed by atoms with E-state index in [4.69, 9.17) is 15.2 Å². The second kappa shape index (κ2) is 10.8. The highest BCUT2D eigenvalue weighted by molar-refractivity contribution is 5.98. The lowest BCUT2D eigenvalue weighted by atomic mass is 10.1. The van der Waals surface area contributed by atoms with Gasteiger partial charge in [0.05, 0.1) is 26.0 Å². The lowest BCUT2D eigenvalue weighted by Gasteiger charge is -2.27. The number of carbonyl (C=O) groups is 2. The molecule has 2 amide bonds. The number of morpholine rings is 1. The van der Waals surface area contributed by atoms with Crippen molar-refractivity contribution in [1.29, 1.82) is 0 Å². The van der Waals surface area contributed by atoms with Gasteiger partial charge < -0.3 is 25.4 Å². The molecule has 7 heteroatoms. The summed E-state index contributed by atoms with van der Waals surface area (Å²) in [5, 5.41) is 2.87. The summed E-state index contributed by atoms with van der Waals surface area (Å²) in [6.45, 7) is 2.95. The first-order chi connectivity index (χ1) is 12.7. The Bertz CT molecular complexity index is 600. The molecule has 1 aromatic carbocycles. The van der Waals surface area contributed by atoms with Gasteiger partial charge in [0, 0.05) is 25.1 Å². The normalized spacial score (nSPS) is 14.2. The van der Waals surface area contributed by atoms with Crippen molar-refractivity contribution < 1.29 is 19.1 Å². The Hall–Kier alpha value is -2.12. The third kappa shape index (κ3) is 6.00. The standard InChI is InChI=1S/C19H29N3O4/c1-25-17-8-7-15(19(24)22-10-12-26-13-11-22)14-16(17)21-18(23)6-4-2-3-5-9-20/h7-8,14H,2-6,9-13,20H2,1H3,(H,21,23). The van der Waals surface area contributed by atoms with Gasteiger partial charge in [0.2, 0.25) is 5.91 Å². The van der Waals surface area contributed by atoms with E-state index in [0.29, 0.717) is 56.3 Å². The van der Waals surface area contributed by atoms with Crippen molar-refractivity contribution in [3.05, 3.63) is 23.8 Å². The third-order valence-corrected chi connectivity index (χ3v) is 4.38. The molecule has 26 heavy (non-hydrogen) atoms. The molecule has 144 valence electrons. The van der Waals surface area contributed by atoms with Crippen molar-refractivity contribution in [1.82, 2.24) is 4.90 Å². The fraction of sp³-hybridized carbons (Fsp3) is 0.579. The first-order valence-electron chi connectivity index (χ1n) is 9.20. The van der Waals surface area contributed by atoms with Crippen LogP contribution in [0.15, 0.2) is 18.2 Å². The molecule has 7 nitrogen and oxygen atoms in total. The molecule has 2 rings (SSSR count). The Morgan fingerprint density at radius 1 is 1.19 bits per heavy atom. The Labute approximate surface area is 154 Å². The minimum atomic E-state index is -0.0768. The van der Waals surface area contributed by atoms with Gasteiger partial charge in [-0.05, 0) is 37.6 Å². The summed E-state index contributed by atoms with van der Waals surface area (Å²) in [4.78, 5) is 26.6. The Morgan fingerprint density at radius 3 is 2.62 bits per heavy atom. The summed E-state index contributed by atoms with van der Waals surface area (Å²) in [5.41, 5.74) is 6.53. The Morgan fingerprint density at radius 2 is 1.92 bits per heavy atom. The number of carbonyl (C=O) groups excluding carboxylic acids is 2. The van der Waals surface area contributed by atoms with Crippen molar-refractivity contribution in [3.63, 3.8) is 0 Å². The zero-order valence-corrected chi connectivity index (χ0v) is 15.5. The number of nitrogens with two attached hydrogens (primary N) is 1. The van der Waals surface area contributed by atoms with Crippen LogP contribution in [0, 0.1) is 0 Å². The van der Waals surface area contributed by atoms with Crippen LogP contribution in [0.1, 0.15) is 42.5 Å². The van der Waals surface area contributed by atoms with Gasteiger partial charge >= 0.3 is 0 Å². The number of amides is 2. The van der Waals surface area contributed by atoms with E-state index in [1.54, 1.807) is 30.2 Å². The van der Waals surface area contributed by atoms with Gasteiger partial charge in [-0.25, -0.2) is 0 Å². The highest BCUT2D eigenvalue weighted by atomic mass is 16.5. The molecule has 1 aliphatic rings. The summed E-state index contributed by atoms with van der Waals surface area (Å²) in [7, 11) is 1.54. The van der Waals surface area contributed by atoms with Crippen molar-refractivity contribution >= 4 is 17.5 Å². The van der Waals surface area contributed by atoms with Gasteiger partial charge in [0.15, 0.2) is 0 Å². The number of unbranched alkanes of at least 4 members (excludes halogenated alkanes) is 3. The number of rotatable bonds is 9. The van der Waals surface area contributed by atoms with Gasteiger partial charge in [0.1, 0.15) is 5.75 Å². The molecule has 0 spiro atoms. The minimum Gasteiger partial charge on any atom is -0.495 e. The van der Waals surface area contributed by atoms with E-state index in [-0.39, 0.29) is 11.8 Å². The van der Waals surface area contributed by atoms with E-state index in [2.05, 4.69) is 5.32 Å². The van der Waals surface area contributed by atoms with Gasteiger partial charge in [-0.1, -0.05) is 12.8 Å². The predicted octanol–water partition coefficient (Wildman–Crippen LogP) is 2.02. The van der Waals surface area contributed by atoms with Crippen molar-refractivity contribution in [2.45, 2.75) is 32.1 Å². The molecular formula is C19H29N3O4. The topological polar surface area (TPSA) is 93.9 Å². The molecule has 0 aromatic heterocycles. The molecule has 0 aliphatic carbocycles. The van der Waals surface area contributed by atoms with Crippen LogP contribution in [0.2, 0.25) is 0 Å². The van der Waals surface area contributed by atoms with E-state index in [0.717, 1.165) is 25.7 Å². The van der Waals surface area contributed by atoms with Crippen LogP contribution in [0.5, 0.6) is 5.75 Å². The first kappa shape index (κ1) is 20.2. The molecule has 1 heterocycles. The summed E-state index contributed by atoms with van der Waals surface area (Å²) in [6.07, 6.45) is 4.27. The monoisotopic (exact) mass is 363 g/mol. The number of hydrogen-bond donors (Lipinski definition) is 2. The van der Waals surface area contributed by atoms with Gasteiger partial charge in [-0.15, -0.1) is 0 Å². The van der Waals surface area contributed by atoms with E-state index in [1.807, 2.05) is 0 Å². The van der Waals surface area contributed by atoms with Crippen LogP contribution in [0.25, 0.3) is 0 Å². The number of nitrogens with one attached hydrogen (secondary N) is 1. The SMILES string of the molecule is COc1ccc(C(=O)N2CCOCC2)cc1NC(=O)CCCCCCN. The lowest BCUT2D eigenvalue weighted by molar-refractivity contribution is -0.116. The second-order valence-corrected chi connectivity index (χ2v) is 6.32. The minimum absolute atomic E-state index is 0.0618. The van der Waals surface area contributed by atoms with Gasteiger partial charge in [-0.2, -0.15) is 0 Å². The average Bonchev–Trinajstić information content (AvgIpc) is 2.68. The van der Waals surface area contributed by atoms with Crippen LogP contribution >= 0.6 is 0 Å². The molecule has 1 saturated heterocycles. The highest BCUT2D eigenvalue weighted by Crippen LogP contribution is 2.26. The molecule has 0 radical (unpaired) electrons. The first-order valence-corrected chi connectivity index (χ1v) is 9.20. The molecule has 1 fully saturated rings. The highest BCUT2D eigenvalue weighted by Gasteiger charge is 2.20. The summed E-state index contributed by atoms with van der Waals surface area (Å²) < 4.78 is 10.6. The summed E-state index contributed by atoms with van der Waals surface area (Å²) in [5.74, 6) is 0.403. The summed E-state index contributed by atoms with van der Waals surface area (Å²) in [6, 6.07) is 5.12. The molecule has 0 unspecified atom stereocenters. The fourth-order valence-corrected chi connectivity index (χ4v) is 2.88. The van der Waals surface area contributed by atoms with Gasteiger partial charge in [-0.3, -0.25) is 9.59 Å².